The lowest BCUT2D eigenvalue weighted by Crippen LogP contribution is -2.13. The molecule has 2 N–H and O–H groups in total. The van der Waals surface area contributed by atoms with E-state index in [1.54, 1.807) is 36.6 Å². The monoisotopic (exact) mass is 340 g/mol. The van der Waals surface area contributed by atoms with Crippen molar-refractivity contribution < 1.29 is 14.3 Å². The van der Waals surface area contributed by atoms with Gasteiger partial charge in [-0.2, -0.15) is 0 Å². The number of rotatable bonds is 5. The maximum Gasteiger partial charge on any atom is 0.337 e. The van der Waals surface area contributed by atoms with Crippen LogP contribution in [-0.4, -0.2) is 26.0 Å². The molecule has 0 aliphatic carbocycles. The number of thiophene rings is 1. The Balaban J connectivity index is 0.00000242. The highest BCUT2D eigenvalue weighted by Gasteiger charge is 2.10. The zero-order valence-corrected chi connectivity index (χ0v) is 13.9. The van der Waals surface area contributed by atoms with E-state index >= 15 is 0 Å². The van der Waals surface area contributed by atoms with Crippen molar-refractivity contribution in [2.45, 2.75) is 6.42 Å². The quantitative estimate of drug-likeness (QED) is 0.515. The van der Waals surface area contributed by atoms with Crippen LogP contribution in [0.5, 0.6) is 5.75 Å². The maximum absolute atomic E-state index is 11.6. The van der Waals surface area contributed by atoms with Crippen LogP contribution in [0, 0.1) is 0 Å². The molecule has 0 amide bonds. The topological polar surface area (TPSA) is 73.9 Å². The molecule has 0 spiro atoms. The fourth-order valence-electron chi connectivity index (χ4n) is 1.81. The lowest BCUT2D eigenvalue weighted by atomic mass is 10.2. The molecule has 0 unspecified atom stereocenters. The van der Waals surface area contributed by atoms with Gasteiger partial charge in [0.1, 0.15) is 17.3 Å². The smallest absolute Gasteiger partial charge is 0.337 e. The number of ether oxygens (including phenoxy) is 2. The highest BCUT2D eigenvalue weighted by molar-refractivity contribution is 7.10. The van der Waals surface area contributed by atoms with E-state index in [-0.39, 0.29) is 12.4 Å². The molecule has 0 radical (unpaired) electrons. The molecule has 22 heavy (non-hydrogen) atoms. The standard InChI is InChI=1S/C15H16N2O3S.ClH/c1-19-13-6-5-10(15(18)20-2)8-12(13)17-14(16)9-11-4-3-7-21-11;/h3-8H,9H2,1-2H3,(H2,16,17);1H. The third-order valence-corrected chi connectivity index (χ3v) is 3.68. The summed E-state index contributed by atoms with van der Waals surface area (Å²) >= 11 is 1.62. The molecule has 7 heteroatoms. The average Bonchev–Trinajstić information content (AvgIpc) is 2.99. The number of hydrogen-bond donors (Lipinski definition) is 1. The van der Waals surface area contributed by atoms with Crippen molar-refractivity contribution in [3.8, 4) is 5.75 Å². The summed E-state index contributed by atoms with van der Waals surface area (Å²) in [5, 5.41) is 1.99. The van der Waals surface area contributed by atoms with Gasteiger partial charge in [0.05, 0.1) is 19.8 Å². The highest BCUT2D eigenvalue weighted by atomic mass is 35.5. The number of methoxy groups -OCH3 is 2. The Hall–Kier alpha value is -2.05. The molecule has 0 atom stereocenters. The van der Waals surface area contributed by atoms with E-state index in [2.05, 4.69) is 4.99 Å². The second kappa shape index (κ2) is 8.41. The molecule has 118 valence electrons. The van der Waals surface area contributed by atoms with Crippen LogP contribution in [0.25, 0.3) is 0 Å². The average molecular weight is 341 g/mol. The third-order valence-electron chi connectivity index (χ3n) is 2.80. The van der Waals surface area contributed by atoms with Crippen molar-refractivity contribution in [2.75, 3.05) is 14.2 Å². The first kappa shape index (κ1) is 18.0. The van der Waals surface area contributed by atoms with Gasteiger partial charge >= 0.3 is 5.97 Å². The lowest BCUT2D eigenvalue weighted by Gasteiger charge is -2.07. The fourth-order valence-corrected chi connectivity index (χ4v) is 2.53. The van der Waals surface area contributed by atoms with Gasteiger partial charge in [-0.05, 0) is 29.6 Å². The number of amidine groups is 1. The summed E-state index contributed by atoms with van der Waals surface area (Å²) in [6, 6.07) is 8.86. The van der Waals surface area contributed by atoms with Crippen molar-refractivity contribution in [1.29, 1.82) is 0 Å². The van der Waals surface area contributed by atoms with Gasteiger partial charge in [0.25, 0.3) is 0 Å². The van der Waals surface area contributed by atoms with Gasteiger partial charge in [-0.15, -0.1) is 23.7 Å². The Morgan fingerprint density at radius 3 is 2.68 bits per heavy atom. The number of aliphatic imine (C=N–C) groups is 1. The minimum absolute atomic E-state index is 0. The number of nitrogens with zero attached hydrogens (tertiary/aromatic N) is 1. The van der Waals surface area contributed by atoms with Crippen LogP contribution < -0.4 is 10.5 Å². The van der Waals surface area contributed by atoms with Crippen LogP contribution in [0.2, 0.25) is 0 Å². The molecule has 0 saturated heterocycles. The summed E-state index contributed by atoms with van der Waals surface area (Å²) in [6.45, 7) is 0. The summed E-state index contributed by atoms with van der Waals surface area (Å²) < 4.78 is 9.93. The first-order valence-corrected chi connectivity index (χ1v) is 7.13. The van der Waals surface area contributed by atoms with E-state index < -0.39 is 5.97 Å². The summed E-state index contributed by atoms with van der Waals surface area (Å²) in [6.07, 6.45) is 0.559. The van der Waals surface area contributed by atoms with Crippen LogP contribution in [0.1, 0.15) is 15.2 Å². The molecule has 2 rings (SSSR count). The number of carbonyl (C=O) groups is 1. The van der Waals surface area contributed by atoms with Gasteiger partial charge in [-0.1, -0.05) is 6.07 Å². The SMILES string of the molecule is COC(=O)c1ccc(OC)c(N=C(N)Cc2cccs2)c1.Cl. The molecule has 0 bridgehead atoms. The number of nitrogens with two attached hydrogens (primary N) is 1. The maximum atomic E-state index is 11.6. The van der Waals surface area contributed by atoms with Gasteiger partial charge in [0.15, 0.2) is 0 Å². The zero-order valence-electron chi connectivity index (χ0n) is 12.2. The lowest BCUT2D eigenvalue weighted by molar-refractivity contribution is 0.0600. The Kier molecular flexibility index (Phi) is 6.88. The molecule has 0 fully saturated rings. The fraction of sp³-hybridized carbons (Fsp3) is 0.200. The molecule has 1 aromatic heterocycles. The first-order chi connectivity index (χ1) is 10.1. The Labute approximate surface area is 139 Å². The van der Waals surface area contributed by atoms with Crippen molar-refractivity contribution in [3.63, 3.8) is 0 Å². The van der Waals surface area contributed by atoms with E-state index in [4.69, 9.17) is 15.2 Å². The summed E-state index contributed by atoms with van der Waals surface area (Å²) in [4.78, 5) is 17.0. The minimum atomic E-state index is -0.425. The molecule has 5 nitrogen and oxygen atoms in total. The molecule has 0 aliphatic heterocycles. The Morgan fingerprint density at radius 2 is 2.09 bits per heavy atom. The van der Waals surface area contributed by atoms with Crippen molar-refractivity contribution in [2.24, 2.45) is 10.7 Å². The Morgan fingerprint density at radius 1 is 1.32 bits per heavy atom. The van der Waals surface area contributed by atoms with E-state index in [9.17, 15) is 4.79 Å². The molecule has 1 aromatic carbocycles. The molecular formula is C15H17ClN2O3S. The van der Waals surface area contributed by atoms with E-state index in [0.29, 0.717) is 29.3 Å². The van der Waals surface area contributed by atoms with E-state index in [1.165, 1.54) is 7.11 Å². The summed E-state index contributed by atoms with van der Waals surface area (Å²) in [7, 11) is 2.88. The number of esters is 1. The van der Waals surface area contributed by atoms with Gasteiger partial charge < -0.3 is 15.2 Å². The Bertz CT molecular complexity index is 657. The predicted molar refractivity (Wildman–Crippen MR) is 90.9 cm³/mol. The van der Waals surface area contributed by atoms with Gasteiger partial charge in [0.2, 0.25) is 0 Å². The second-order valence-electron chi connectivity index (χ2n) is 4.24. The summed E-state index contributed by atoms with van der Waals surface area (Å²) in [5.41, 5.74) is 6.88. The number of benzene rings is 1. The van der Waals surface area contributed by atoms with Gasteiger partial charge in [-0.25, -0.2) is 9.79 Å². The molecule has 0 aliphatic rings. The normalized spacial score (nSPS) is 10.7. The van der Waals surface area contributed by atoms with Crippen LogP contribution in [0.3, 0.4) is 0 Å². The summed E-state index contributed by atoms with van der Waals surface area (Å²) in [5.74, 6) is 0.584. The van der Waals surface area contributed by atoms with E-state index in [0.717, 1.165) is 4.88 Å². The number of halogens is 1. The highest BCUT2D eigenvalue weighted by Crippen LogP contribution is 2.29. The largest absolute Gasteiger partial charge is 0.494 e. The molecule has 1 heterocycles. The second-order valence-corrected chi connectivity index (χ2v) is 5.27. The van der Waals surface area contributed by atoms with Crippen LogP contribution >= 0.6 is 23.7 Å². The number of hydrogen-bond acceptors (Lipinski definition) is 5. The van der Waals surface area contributed by atoms with Gasteiger partial charge in [-0.3, -0.25) is 0 Å². The predicted octanol–water partition coefficient (Wildman–Crippen LogP) is 3.20. The van der Waals surface area contributed by atoms with Gasteiger partial charge in [0, 0.05) is 11.3 Å². The zero-order chi connectivity index (χ0) is 15.2. The number of carbonyl (C=O) groups excluding carboxylic acids is 1. The molecule has 0 saturated carbocycles. The van der Waals surface area contributed by atoms with E-state index in [1.807, 2.05) is 17.5 Å². The van der Waals surface area contributed by atoms with Crippen molar-refractivity contribution >= 4 is 41.2 Å². The van der Waals surface area contributed by atoms with Crippen LogP contribution in [0.4, 0.5) is 5.69 Å². The van der Waals surface area contributed by atoms with Crippen LogP contribution in [0.15, 0.2) is 40.7 Å². The minimum Gasteiger partial charge on any atom is -0.494 e. The molecular weight excluding hydrogens is 324 g/mol. The molecule has 2 aromatic rings. The van der Waals surface area contributed by atoms with Crippen molar-refractivity contribution in [3.05, 3.63) is 46.2 Å². The third kappa shape index (κ3) is 4.47. The van der Waals surface area contributed by atoms with Crippen molar-refractivity contribution in [1.82, 2.24) is 0 Å². The first-order valence-electron chi connectivity index (χ1n) is 6.26. The van der Waals surface area contributed by atoms with Crippen LogP contribution in [-0.2, 0) is 11.2 Å².